The summed E-state index contributed by atoms with van der Waals surface area (Å²) >= 11 is 0. The number of ether oxygens (including phenoxy) is 2. The van der Waals surface area contributed by atoms with Gasteiger partial charge in [0.25, 0.3) is 0 Å². The molecule has 2 rings (SSSR count). The highest BCUT2D eigenvalue weighted by molar-refractivity contribution is 5.89. The number of hydrogen-bond acceptors (Lipinski definition) is 4. The molecule has 0 aromatic heterocycles. The molecule has 0 radical (unpaired) electrons. The van der Waals surface area contributed by atoms with Crippen LogP contribution >= 0.6 is 0 Å². The second-order valence-corrected chi connectivity index (χ2v) is 5.73. The smallest absolute Gasteiger partial charge is 0.319 e. The van der Waals surface area contributed by atoms with Crippen LogP contribution in [-0.4, -0.2) is 44.3 Å². The monoisotopic (exact) mass is 335 g/mol. The molecule has 1 aromatic rings. The molecule has 2 atom stereocenters. The van der Waals surface area contributed by atoms with E-state index in [1.807, 2.05) is 6.92 Å². The van der Waals surface area contributed by atoms with Gasteiger partial charge in [0.1, 0.15) is 5.75 Å². The second-order valence-electron chi connectivity index (χ2n) is 5.73. The third kappa shape index (κ3) is 5.73. The van der Waals surface area contributed by atoms with Crippen LogP contribution in [0.4, 0.5) is 10.5 Å². The normalized spacial score (nSPS) is 17.8. The molecule has 0 bridgehead atoms. The van der Waals surface area contributed by atoms with Crippen LogP contribution < -0.4 is 20.7 Å². The molecule has 0 saturated carbocycles. The van der Waals surface area contributed by atoms with Crippen molar-refractivity contribution >= 4 is 17.6 Å². The molecule has 0 spiro atoms. The van der Waals surface area contributed by atoms with E-state index in [2.05, 4.69) is 16.0 Å². The topological polar surface area (TPSA) is 88.7 Å². The van der Waals surface area contributed by atoms with Crippen LogP contribution in [0.2, 0.25) is 0 Å². The van der Waals surface area contributed by atoms with E-state index >= 15 is 0 Å². The average molecular weight is 335 g/mol. The number of anilines is 1. The fourth-order valence-electron chi connectivity index (χ4n) is 2.48. The van der Waals surface area contributed by atoms with Crippen molar-refractivity contribution in [2.75, 3.05) is 25.6 Å². The van der Waals surface area contributed by atoms with Gasteiger partial charge in [-0.15, -0.1) is 0 Å². The Labute approximate surface area is 142 Å². The van der Waals surface area contributed by atoms with E-state index in [1.54, 1.807) is 31.3 Å². The first kappa shape index (κ1) is 18.1. The van der Waals surface area contributed by atoms with Gasteiger partial charge in [0.15, 0.2) is 0 Å². The van der Waals surface area contributed by atoms with E-state index < -0.39 is 0 Å². The van der Waals surface area contributed by atoms with Crippen molar-refractivity contribution in [1.82, 2.24) is 10.6 Å². The molecule has 132 valence electrons. The van der Waals surface area contributed by atoms with Crippen LogP contribution in [0.1, 0.15) is 26.2 Å². The van der Waals surface area contributed by atoms with Gasteiger partial charge in [-0.1, -0.05) is 0 Å². The van der Waals surface area contributed by atoms with Crippen molar-refractivity contribution < 1.29 is 19.1 Å². The zero-order valence-corrected chi connectivity index (χ0v) is 14.1. The third-order valence-electron chi connectivity index (χ3n) is 3.87. The van der Waals surface area contributed by atoms with Gasteiger partial charge in [0, 0.05) is 19.3 Å². The lowest BCUT2D eigenvalue weighted by Crippen LogP contribution is -2.42. The zero-order valence-electron chi connectivity index (χ0n) is 14.1. The molecule has 7 nitrogen and oxygen atoms in total. The first-order valence-corrected chi connectivity index (χ1v) is 8.21. The second kappa shape index (κ2) is 9.12. The number of carbonyl (C=O) groups is 2. The first-order chi connectivity index (χ1) is 11.6. The number of urea groups is 1. The van der Waals surface area contributed by atoms with Gasteiger partial charge in [0.2, 0.25) is 5.91 Å². The molecular weight excluding hydrogens is 310 g/mol. The summed E-state index contributed by atoms with van der Waals surface area (Å²) in [5.41, 5.74) is 0.672. The Morgan fingerprint density at radius 2 is 2.08 bits per heavy atom. The Balaban J connectivity index is 1.74. The molecule has 1 aliphatic heterocycles. The maximum absolute atomic E-state index is 12.0. The summed E-state index contributed by atoms with van der Waals surface area (Å²) in [5.74, 6) is 0.586. The van der Waals surface area contributed by atoms with E-state index in [4.69, 9.17) is 9.47 Å². The highest BCUT2D eigenvalue weighted by Gasteiger charge is 2.23. The lowest BCUT2D eigenvalue weighted by molar-refractivity contribution is -0.121. The molecule has 24 heavy (non-hydrogen) atoms. The van der Waals surface area contributed by atoms with Gasteiger partial charge >= 0.3 is 6.03 Å². The summed E-state index contributed by atoms with van der Waals surface area (Å²) in [5, 5.41) is 8.20. The third-order valence-corrected chi connectivity index (χ3v) is 3.87. The quantitative estimate of drug-likeness (QED) is 0.710. The molecule has 3 amide bonds. The van der Waals surface area contributed by atoms with E-state index in [1.165, 1.54) is 0 Å². The lowest BCUT2D eigenvalue weighted by atomic mass is 10.1. The van der Waals surface area contributed by atoms with E-state index in [0.717, 1.165) is 19.4 Å². The first-order valence-electron chi connectivity index (χ1n) is 8.21. The molecular formula is C17H25N3O4. The summed E-state index contributed by atoms with van der Waals surface area (Å²) in [4.78, 5) is 23.1. The van der Waals surface area contributed by atoms with Crippen LogP contribution in [0, 0.1) is 0 Å². The Morgan fingerprint density at radius 3 is 2.71 bits per heavy atom. The molecule has 1 fully saturated rings. The summed E-state index contributed by atoms with van der Waals surface area (Å²) < 4.78 is 11.0. The van der Waals surface area contributed by atoms with Gasteiger partial charge in [-0.2, -0.15) is 0 Å². The van der Waals surface area contributed by atoms with Gasteiger partial charge in [-0.25, -0.2) is 4.79 Å². The summed E-state index contributed by atoms with van der Waals surface area (Å²) in [6.07, 6.45) is 2.41. The minimum atomic E-state index is -0.258. The Bertz CT molecular complexity index is 541. The van der Waals surface area contributed by atoms with E-state index in [0.29, 0.717) is 24.5 Å². The highest BCUT2D eigenvalue weighted by Crippen LogP contribution is 2.17. The number of rotatable bonds is 7. The van der Waals surface area contributed by atoms with Crippen molar-refractivity contribution in [3.05, 3.63) is 24.3 Å². The largest absolute Gasteiger partial charge is 0.493 e. The number of benzene rings is 1. The predicted octanol–water partition coefficient (Wildman–Crippen LogP) is 1.89. The maximum Gasteiger partial charge on any atom is 0.319 e. The summed E-state index contributed by atoms with van der Waals surface area (Å²) in [7, 11) is 1.59. The standard InChI is InChI=1S/C17H25N3O4/c1-12(15-4-3-10-24-15)19-17(22)20-13-5-7-14(8-6-13)23-11-9-16(21)18-2/h5-8,12,15H,3-4,9-11H2,1-2H3,(H,18,21)(H2,19,20,22)/t12-,15+/m1/s1. The SMILES string of the molecule is CNC(=O)CCOc1ccc(NC(=O)N[C@H](C)[C@@H]2CCCO2)cc1. The van der Waals surface area contributed by atoms with Crippen molar-refractivity contribution in [2.24, 2.45) is 0 Å². The van der Waals surface area contributed by atoms with E-state index in [9.17, 15) is 9.59 Å². The van der Waals surface area contributed by atoms with Crippen LogP contribution in [0.5, 0.6) is 5.75 Å². The van der Waals surface area contributed by atoms with Crippen molar-refractivity contribution in [3.8, 4) is 5.75 Å². The molecule has 0 unspecified atom stereocenters. The van der Waals surface area contributed by atoms with Crippen molar-refractivity contribution in [3.63, 3.8) is 0 Å². The molecule has 3 N–H and O–H groups in total. The minimum Gasteiger partial charge on any atom is -0.493 e. The number of nitrogens with one attached hydrogen (secondary N) is 3. The van der Waals surface area contributed by atoms with E-state index in [-0.39, 0.29) is 24.1 Å². The fraction of sp³-hybridized carbons (Fsp3) is 0.529. The molecule has 0 aliphatic carbocycles. The Hall–Kier alpha value is -2.28. The van der Waals surface area contributed by atoms with Crippen LogP contribution in [0.15, 0.2) is 24.3 Å². The average Bonchev–Trinajstić information content (AvgIpc) is 3.11. The van der Waals surface area contributed by atoms with Gasteiger partial charge < -0.3 is 25.4 Å². The fourth-order valence-corrected chi connectivity index (χ4v) is 2.48. The summed E-state index contributed by atoms with van der Waals surface area (Å²) in [6, 6.07) is 6.73. The Morgan fingerprint density at radius 1 is 1.33 bits per heavy atom. The molecule has 1 aromatic carbocycles. The lowest BCUT2D eigenvalue weighted by Gasteiger charge is -2.20. The highest BCUT2D eigenvalue weighted by atomic mass is 16.5. The Kier molecular flexibility index (Phi) is 6.87. The van der Waals surface area contributed by atoms with Crippen molar-refractivity contribution in [2.45, 2.75) is 38.3 Å². The van der Waals surface area contributed by atoms with Crippen LogP contribution in [0.25, 0.3) is 0 Å². The van der Waals surface area contributed by atoms with Gasteiger partial charge in [0.05, 0.1) is 25.2 Å². The molecule has 1 heterocycles. The molecule has 1 saturated heterocycles. The summed E-state index contributed by atoms with van der Waals surface area (Å²) in [6.45, 7) is 3.02. The van der Waals surface area contributed by atoms with Crippen LogP contribution in [0.3, 0.4) is 0 Å². The maximum atomic E-state index is 12.0. The number of carbonyl (C=O) groups excluding carboxylic acids is 2. The number of hydrogen-bond donors (Lipinski definition) is 3. The molecule has 1 aliphatic rings. The predicted molar refractivity (Wildman–Crippen MR) is 91.2 cm³/mol. The van der Waals surface area contributed by atoms with Gasteiger partial charge in [-0.05, 0) is 44.0 Å². The van der Waals surface area contributed by atoms with Crippen molar-refractivity contribution in [1.29, 1.82) is 0 Å². The number of amides is 3. The van der Waals surface area contributed by atoms with Crippen LogP contribution in [-0.2, 0) is 9.53 Å². The minimum absolute atomic E-state index is 0.0279. The zero-order chi connectivity index (χ0) is 17.4. The van der Waals surface area contributed by atoms with Gasteiger partial charge in [-0.3, -0.25) is 4.79 Å². The molecule has 7 heteroatoms.